The summed E-state index contributed by atoms with van der Waals surface area (Å²) in [5.41, 5.74) is 3.16. The topological polar surface area (TPSA) is 93.0 Å². The van der Waals surface area contributed by atoms with Gasteiger partial charge in [0.05, 0.1) is 4.92 Å². The van der Waals surface area contributed by atoms with Gasteiger partial charge in [0.25, 0.3) is 0 Å². The number of nitro groups is 1. The van der Waals surface area contributed by atoms with Crippen molar-refractivity contribution in [3.8, 4) is 0 Å². The number of hydrogen-bond acceptors (Lipinski definition) is 6. The lowest BCUT2D eigenvalue weighted by molar-refractivity contribution is -0.383. The highest BCUT2D eigenvalue weighted by Gasteiger charge is 2.23. The average Bonchev–Trinajstić information content (AvgIpc) is 2.53. The van der Waals surface area contributed by atoms with E-state index in [1.165, 1.54) is 6.33 Å². The second-order valence-electron chi connectivity index (χ2n) is 5.81. The molecule has 8 heteroatoms. The largest absolute Gasteiger partial charge is 0.353 e. The Morgan fingerprint density at radius 3 is 2.15 bits per heavy atom. The molecule has 0 unspecified atom stereocenters. The molecule has 132 valence electrons. The minimum Gasteiger partial charge on any atom is -0.334 e. The molecule has 0 saturated carbocycles. The molecule has 26 heavy (non-hydrogen) atoms. The number of halogens is 1. The Labute approximate surface area is 155 Å². The quantitative estimate of drug-likeness (QED) is 0.477. The molecule has 3 aromatic rings. The Morgan fingerprint density at radius 1 is 0.962 bits per heavy atom. The number of anilines is 4. The Morgan fingerprint density at radius 2 is 1.58 bits per heavy atom. The van der Waals surface area contributed by atoms with E-state index in [0.29, 0.717) is 10.7 Å². The Hall–Kier alpha value is -3.19. The predicted octanol–water partition coefficient (Wildman–Crippen LogP) is 5.14. The molecule has 0 spiro atoms. The molecule has 0 radical (unpaired) electrons. The van der Waals surface area contributed by atoms with Crippen molar-refractivity contribution < 1.29 is 4.92 Å². The van der Waals surface area contributed by atoms with Gasteiger partial charge in [0.15, 0.2) is 0 Å². The van der Waals surface area contributed by atoms with E-state index < -0.39 is 4.92 Å². The van der Waals surface area contributed by atoms with Crippen molar-refractivity contribution in [3.05, 3.63) is 75.1 Å². The number of rotatable bonds is 5. The third-order valence-corrected chi connectivity index (χ3v) is 3.81. The van der Waals surface area contributed by atoms with E-state index >= 15 is 0 Å². The molecule has 0 aliphatic carbocycles. The van der Waals surface area contributed by atoms with Crippen LogP contribution in [-0.4, -0.2) is 14.9 Å². The first-order valence-corrected chi connectivity index (χ1v) is 8.17. The number of benzene rings is 2. The smallest absolute Gasteiger partial charge is 0.334 e. The van der Waals surface area contributed by atoms with Gasteiger partial charge in [-0.2, -0.15) is 0 Å². The molecule has 0 bridgehead atoms. The Bertz CT molecular complexity index is 957. The summed E-state index contributed by atoms with van der Waals surface area (Å²) >= 11 is 5.96. The van der Waals surface area contributed by atoms with E-state index in [2.05, 4.69) is 20.6 Å². The highest BCUT2D eigenvalue weighted by atomic mass is 35.5. The fourth-order valence-corrected chi connectivity index (χ4v) is 2.81. The summed E-state index contributed by atoms with van der Waals surface area (Å²) < 4.78 is 0. The van der Waals surface area contributed by atoms with Crippen LogP contribution in [0.25, 0.3) is 0 Å². The van der Waals surface area contributed by atoms with E-state index in [9.17, 15) is 10.1 Å². The van der Waals surface area contributed by atoms with Gasteiger partial charge in [-0.25, -0.2) is 9.97 Å². The van der Waals surface area contributed by atoms with Crippen LogP contribution in [0.2, 0.25) is 5.02 Å². The summed E-state index contributed by atoms with van der Waals surface area (Å²) in [6.07, 6.45) is 1.27. The average molecular weight is 370 g/mol. The first-order chi connectivity index (χ1) is 12.4. The third kappa shape index (κ3) is 4.07. The summed E-state index contributed by atoms with van der Waals surface area (Å²) in [4.78, 5) is 19.2. The third-order valence-electron chi connectivity index (χ3n) is 3.58. The van der Waals surface area contributed by atoms with Gasteiger partial charge in [-0.1, -0.05) is 23.7 Å². The second-order valence-corrected chi connectivity index (χ2v) is 6.25. The first kappa shape index (κ1) is 17.6. The molecule has 7 nitrogen and oxygen atoms in total. The van der Waals surface area contributed by atoms with Gasteiger partial charge in [0, 0.05) is 16.4 Å². The number of aryl methyl sites for hydroxylation is 2. The lowest BCUT2D eigenvalue weighted by Crippen LogP contribution is -2.05. The van der Waals surface area contributed by atoms with Crippen molar-refractivity contribution in [2.24, 2.45) is 0 Å². The maximum Gasteiger partial charge on any atom is 0.353 e. The molecule has 0 aliphatic heterocycles. The fraction of sp³-hybridized carbons (Fsp3) is 0.111. The van der Waals surface area contributed by atoms with Crippen LogP contribution in [0.4, 0.5) is 28.7 Å². The summed E-state index contributed by atoms with van der Waals surface area (Å²) in [6.45, 7) is 3.91. The highest BCUT2D eigenvalue weighted by Crippen LogP contribution is 2.33. The van der Waals surface area contributed by atoms with Crippen molar-refractivity contribution in [2.75, 3.05) is 10.6 Å². The van der Waals surface area contributed by atoms with Crippen LogP contribution in [0.3, 0.4) is 0 Å². The molecule has 0 atom stereocenters. The molecule has 0 aliphatic rings. The van der Waals surface area contributed by atoms with Crippen LogP contribution in [0.15, 0.2) is 48.8 Å². The number of hydrogen-bond donors (Lipinski definition) is 2. The SMILES string of the molecule is Cc1cc(C)cc(Nc2ncnc(Nc3cccc(Cl)c3)c2[N+](=O)[O-])c1. The maximum absolute atomic E-state index is 11.6. The summed E-state index contributed by atoms with van der Waals surface area (Å²) in [7, 11) is 0. The number of aromatic nitrogens is 2. The van der Waals surface area contributed by atoms with E-state index in [1.807, 2.05) is 32.0 Å². The van der Waals surface area contributed by atoms with Crippen LogP contribution >= 0.6 is 11.6 Å². The maximum atomic E-state index is 11.6. The van der Waals surface area contributed by atoms with E-state index in [1.54, 1.807) is 24.3 Å². The van der Waals surface area contributed by atoms with Gasteiger partial charge in [0.1, 0.15) is 6.33 Å². The minimum absolute atomic E-state index is 0.0825. The van der Waals surface area contributed by atoms with Gasteiger partial charge in [-0.15, -0.1) is 0 Å². The van der Waals surface area contributed by atoms with Crippen LogP contribution in [0, 0.1) is 24.0 Å². The lowest BCUT2D eigenvalue weighted by atomic mass is 10.1. The van der Waals surface area contributed by atoms with Crippen LogP contribution < -0.4 is 10.6 Å². The van der Waals surface area contributed by atoms with Crippen molar-refractivity contribution in [2.45, 2.75) is 13.8 Å². The van der Waals surface area contributed by atoms with Gasteiger partial charge in [0.2, 0.25) is 11.6 Å². The van der Waals surface area contributed by atoms with Crippen molar-refractivity contribution in [3.63, 3.8) is 0 Å². The highest BCUT2D eigenvalue weighted by molar-refractivity contribution is 6.30. The zero-order valence-corrected chi connectivity index (χ0v) is 14.9. The number of nitrogens with zero attached hydrogens (tertiary/aromatic N) is 3. The normalized spacial score (nSPS) is 10.4. The fourth-order valence-electron chi connectivity index (χ4n) is 2.62. The van der Waals surface area contributed by atoms with Crippen molar-refractivity contribution in [1.29, 1.82) is 0 Å². The van der Waals surface area contributed by atoms with E-state index in [-0.39, 0.29) is 17.3 Å². The number of nitrogens with one attached hydrogen (secondary N) is 2. The molecule has 2 N–H and O–H groups in total. The van der Waals surface area contributed by atoms with Crippen LogP contribution in [-0.2, 0) is 0 Å². The zero-order chi connectivity index (χ0) is 18.7. The Balaban J connectivity index is 1.99. The molecule has 0 fully saturated rings. The molecule has 3 rings (SSSR count). The summed E-state index contributed by atoms with van der Waals surface area (Å²) in [5.74, 6) is 0.193. The summed E-state index contributed by atoms with van der Waals surface area (Å²) in [5, 5.41) is 18.1. The van der Waals surface area contributed by atoms with Gasteiger partial charge in [-0.05, 0) is 55.3 Å². The molecular formula is C18H16ClN5O2. The predicted molar refractivity (Wildman–Crippen MR) is 103 cm³/mol. The second kappa shape index (κ2) is 7.37. The van der Waals surface area contributed by atoms with E-state index in [4.69, 9.17) is 11.6 Å². The standard InChI is InChI=1S/C18H16ClN5O2/c1-11-6-12(2)8-15(7-11)23-18-16(24(25)26)17(20-10-21-18)22-14-5-3-4-13(19)9-14/h3-10H,1-2H3,(H2,20,21,22,23). The molecule has 0 saturated heterocycles. The minimum atomic E-state index is -0.516. The zero-order valence-electron chi connectivity index (χ0n) is 14.2. The Kier molecular flexibility index (Phi) is 4.99. The molecule has 1 heterocycles. The molecule has 2 aromatic carbocycles. The monoisotopic (exact) mass is 369 g/mol. The summed E-state index contributed by atoms with van der Waals surface area (Å²) in [6, 6.07) is 12.7. The van der Waals surface area contributed by atoms with E-state index in [0.717, 1.165) is 16.8 Å². The lowest BCUT2D eigenvalue weighted by Gasteiger charge is -2.11. The van der Waals surface area contributed by atoms with Crippen molar-refractivity contribution >= 4 is 40.3 Å². The van der Waals surface area contributed by atoms with Gasteiger partial charge in [-0.3, -0.25) is 10.1 Å². The van der Waals surface area contributed by atoms with Gasteiger partial charge >= 0.3 is 5.69 Å². The molecular weight excluding hydrogens is 354 g/mol. The molecule has 1 aromatic heterocycles. The van der Waals surface area contributed by atoms with Crippen LogP contribution in [0.5, 0.6) is 0 Å². The van der Waals surface area contributed by atoms with Gasteiger partial charge < -0.3 is 10.6 Å². The van der Waals surface area contributed by atoms with Crippen molar-refractivity contribution in [1.82, 2.24) is 9.97 Å². The first-order valence-electron chi connectivity index (χ1n) is 7.79. The van der Waals surface area contributed by atoms with Crippen LogP contribution in [0.1, 0.15) is 11.1 Å². The molecule has 0 amide bonds.